The first-order chi connectivity index (χ1) is 8.02. The summed E-state index contributed by atoms with van der Waals surface area (Å²) in [6.07, 6.45) is 4.36. The SMILES string of the molecule is C[C]1[CH][CH][C](C)[C]1c1ccccc1.[Cl][Ti+]([Cl])[Cl]. The van der Waals surface area contributed by atoms with Gasteiger partial charge in [-0.05, 0) is 30.2 Å². The van der Waals surface area contributed by atoms with Crippen molar-refractivity contribution in [3.05, 3.63) is 66.5 Å². The summed E-state index contributed by atoms with van der Waals surface area (Å²) < 4.78 is 0. The van der Waals surface area contributed by atoms with E-state index in [-0.39, 0.29) is 0 Å². The molecule has 1 aromatic carbocycles. The minimum absolute atomic E-state index is 1.32. The number of rotatable bonds is 1. The number of hydrogen-bond acceptors (Lipinski definition) is 0. The van der Waals surface area contributed by atoms with E-state index in [1.165, 1.54) is 23.3 Å². The molecule has 1 aliphatic rings. The molecule has 0 heterocycles. The van der Waals surface area contributed by atoms with E-state index in [9.17, 15) is 0 Å². The second-order valence-corrected chi connectivity index (χ2v) is 11.4. The molecule has 0 saturated heterocycles. The average molecular weight is 323 g/mol. The summed E-state index contributed by atoms with van der Waals surface area (Å²) in [5.41, 5.74) is 1.32. The fourth-order valence-corrected chi connectivity index (χ4v) is 1.79. The van der Waals surface area contributed by atoms with Gasteiger partial charge in [0.25, 0.3) is 0 Å². The van der Waals surface area contributed by atoms with E-state index in [0.717, 1.165) is 0 Å². The standard InChI is InChI=1S/C13H13.3ClH.Ti/c1-10-8-9-11(2)13(10)12-6-4-3-5-7-12;;;;/h3-9H,1-2H3;3*1H;/q;;;;+4/p-3. The van der Waals surface area contributed by atoms with Gasteiger partial charge in [0.2, 0.25) is 0 Å². The Morgan fingerprint density at radius 2 is 1.24 bits per heavy atom. The van der Waals surface area contributed by atoms with Crippen LogP contribution in [0.3, 0.4) is 0 Å². The van der Waals surface area contributed by atoms with Crippen molar-refractivity contribution < 1.29 is 14.7 Å². The Morgan fingerprint density at radius 3 is 1.65 bits per heavy atom. The van der Waals surface area contributed by atoms with Crippen molar-refractivity contribution in [3.8, 4) is 0 Å². The summed E-state index contributed by atoms with van der Waals surface area (Å²) in [7, 11) is 14.9. The van der Waals surface area contributed by atoms with E-state index in [2.05, 4.69) is 57.0 Å². The molecule has 0 spiro atoms. The van der Waals surface area contributed by atoms with Crippen molar-refractivity contribution in [2.75, 3.05) is 0 Å². The van der Waals surface area contributed by atoms with Gasteiger partial charge in [0.15, 0.2) is 0 Å². The van der Waals surface area contributed by atoms with Crippen LogP contribution < -0.4 is 0 Å². The maximum absolute atomic E-state index is 4.97. The Morgan fingerprint density at radius 1 is 0.824 bits per heavy atom. The summed E-state index contributed by atoms with van der Waals surface area (Å²) in [6.45, 7) is 4.32. The van der Waals surface area contributed by atoms with Gasteiger partial charge in [-0.1, -0.05) is 44.2 Å². The van der Waals surface area contributed by atoms with Gasteiger partial charge in [-0.2, -0.15) is 0 Å². The first kappa shape index (κ1) is 15.9. The van der Waals surface area contributed by atoms with Crippen molar-refractivity contribution in [2.45, 2.75) is 13.8 Å². The van der Waals surface area contributed by atoms with E-state index >= 15 is 0 Å². The van der Waals surface area contributed by atoms with E-state index in [1.807, 2.05) is 0 Å². The Labute approximate surface area is 122 Å². The van der Waals surface area contributed by atoms with Gasteiger partial charge >= 0.3 is 42.6 Å². The molecule has 5 radical (unpaired) electrons. The van der Waals surface area contributed by atoms with Crippen molar-refractivity contribution >= 4 is 27.9 Å². The van der Waals surface area contributed by atoms with Gasteiger partial charge in [0.05, 0.1) is 0 Å². The molecule has 1 aromatic rings. The van der Waals surface area contributed by atoms with Gasteiger partial charge in [0, 0.05) is 5.92 Å². The number of hydrogen-bond donors (Lipinski definition) is 0. The zero-order chi connectivity index (χ0) is 12.8. The molecule has 1 saturated carbocycles. The molecule has 0 nitrogen and oxygen atoms in total. The second kappa shape index (κ2) is 8.07. The van der Waals surface area contributed by atoms with Crippen LogP contribution in [0, 0.1) is 30.6 Å². The molecular weight excluding hydrogens is 310 g/mol. The molecule has 0 aromatic heterocycles. The summed E-state index contributed by atoms with van der Waals surface area (Å²) in [5.74, 6) is 4.12. The van der Waals surface area contributed by atoms with Gasteiger partial charge in [0.1, 0.15) is 0 Å². The van der Waals surface area contributed by atoms with Crippen molar-refractivity contribution in [1.82, 2.24) is 0 Å². The monoisotopic (exact) mass is 322 g/mol. The first-order valence-corrected chi connectivity index (χ1v) is 11.6. The van der Waals surface area contributed by atoms with Crippen LogP contribution in [0.2, 0.25) is 0 Å². The zero-order valence-corrected chi connectivity index (χ0v) is 13.5. The van der Waals surface area contributed by atoms with Crippen LogP contribution in [0.25, 0.3) is 0 Å². The molecule has 0 N–H and O–H groups in total. The van der Waals surface area contributed by atoms with Crippen LogP contribution in [-0.4, -0.2) is 0 Å². The number of benzene rings is 1. The van der Waals surface area contributed by atoms with Crippen LogP contribution in [-0.2, 0) is 14.7 Å². The molecule has 89 valence electrons. The van der Waals surface area contributed by atoms with Crippen molar-refractivity contribution in [1.29, 1.82) is 0 Å². The fraction of sp³-hybridized carbons (Fsp3) is 0.154. The maximum atomic E-state index is 4.97. The second-order valence-electron chi connectivity index (χ2n) is 3.65. The molecule has 1 fully saturated rings. The van der Waals surface area contributed by atoms with Crippen LogP contribution in [0.5, 0.6) is 0 Å². The summed E-state index contributed by atoms with van der Waals surface area (Å²) in [4.78, 5) is 0. The van der Waals surface area contributed by atoms with Gasteiger partial charge < -0.3 is 0 Å². The third kappa shape index (κ3) is 5.53. The molecule has 0 amide bonds. The third-order valence-corrected chi connectivity index (χ3v) is 2.43. The normalized spacial score (nSPS) is 17.7. The van der Waals surface area contributed by atoms with Gasteiger partial charge in [-0.3, -0.25) is 0 Å². The molecule has 0 aliphatic heterocycles. The molecule has 1 aliphatic carbocycles. The predicted molar refractivity (Wildman–Crippen MR) is 72.8 cm³/mol. The molecule has 17 heavy (non-hydrogen) atoms. The summed E-state index contributed by atoms with van der Waals surface area (Å²) in [6, 6.07) is 10.5. The van der Waals surface area contributed by atoms with Gasteiger partial charge in [-0.15, -0.1) is 0 Å². The number of halogens is 3. The predicted octanol–water partition coefficient (Wildman–Crippen LogP) is 5.29. The van der Waals surface area contributed by atoms with Crippen LogP contribution in [0.1, 0.15) is 19.4 Å². The Bertz CT molecular complexity index is 303. The Kier molecular flexibility index (Phi) is 7.53. The minimum atomic E-state index is -1.92. The Balaban J connectivity index is 0.000000317. The topological polar surface area (TPSA) is 0 Å². The average Bonchev–Trinajstić information content (AvgIpc) is 2.59. The van der Waals surface area contributed by atoms with Crippen LogP contribution in [0.15, 0.2) is 30.3 Å². The molecular formula is C13H13Cl3Ti+. The van der Waals surface area contributed by atoms with E-state index in [4.69, 9.17) is 27.9 Å². The molecule has 2 rings (SSSR count). The van der Waals surface area contributed by atoms with Crippen LogP contribution >= 0.6 is 27.9 Å². The van der Waals surface area contributed by atoms with E-state index < -0.39 is 14.7 Å². The van der Waals surface area contributed by atoms with Crippen molar-refractivity contribution in [2.24, 2.45) is 0 Å². The molecule has 4 heteroatoms. The molecule has 0 atom stereocenters. The molecule has 0 bridgehead atoms. The van der Waals surface area contributed by atoms with Crippen molar-refractivity contribution in [3.63, 3.8) is 0 Å². The quantitative estimate of drug-likeness (QED) is 0.616. The summed E-state index contributed by atoms with van der Waals surface area (Å²) in [5, 5.41) is 0. The van der Waals surface area contributed by atoms with E-state index in [0.29, 0.717) is 0 Å². The third-order valence-electron chi connectivity index (χ3n) is 2.43. The first-order valence-electron chi connectivity index (χ1n) is 5.14. The van der Waals surface area contributed by atoms with Gasteiger partial charge in [-0.25, -0.2) is 0 Å². The molecule has 0 unspecified atom stereocenters. The van der Waals surface area contributed by atoms with E-state index in [1.54, 1.807) is 0 Å². The zero-order valence-electron chi connectivity index (χ0n) is 9.68. The fourth-order valence-electron chi connectivity index (χ4n) is 1.79. The Hall–Kier alpha value is 0.804. The van der Waals surface area contributed by atoms with Crippen LogP contribution in [0.4, 0.5) is 0 Å². The summed E-state index contributed by atoms with van der Waals surface area (Å²) >= 11 is -1.92.